The Balaban J connectivity index is 1.37. The van der Waals surface area contributed by atoms with Crippen molar-refractivity contribution in [2.24, 2.45) is 39.7 Å². The standard InChI is InChI=1S/C31H50N4O5/c1-21(33-40-29(39)34(20-28(37)38)17-15-32-16-18-35(4,5)6)25-9-10-26-24-8-7-22-19-23(36)11-13-30(22,2)27(24)12-14-31(25,26)3/h19,24-27,32H,7-18,20H2,1-6H3/p+1/b33-21+/t24-,25+,26-,27-,30-,31+/m0/s1. The number of likely N-dealkylation sites (N-methyl/N-ethyl adjacent to an activating group) is 1. The van der Waals surface area contributed by atoms with Gasteiger partial charge in [-0.15, -0.1) is 0 Å². The molecule has 2 N–H and O–H groups in total. The maximum Gasteiger partial charge on any atom is 0.436 e. The van der Waals surface area contributed by atoms with Crippen molar-refractivity contribution in [1.29, 1.82) is 0 Å². The van der Waals surface area contributed by atoms with Gasteiger partial charge < -0.3 is 14.9 Å². The smallest absolute Gasteiger partial charge is 0.436 e. The Morgan fingerprint density at radius 2 is 1.85 bits per heavy atom. The molecule has 9 heteroatoms. The molecule has 0 aromatic rings. The maximum absolute atomic E-state index is 12.8. The molecule has 3 saturated carbocycles. The fraction of sp³-hybridized carbons (Fsp3) is 0.806. The van der Waals surface area contributed by atoms with Gasteiger partial charge in [0.2, 0.25) is 0 Å². The summed E-state index contributed by atoms with van der Waals surface area (Å²) in [6.45, 7) is 8.78. The van der Waals surface area contributed by atoms with Crippen molar-refractivity contribution in [3.8, 4) is 0 Å². The lowest BCUT2D eigenvalue weighted by Gasteiger charge is -2.58. The zero-order valence-corrected chi connectivity index (χ0v) is 25.5. The number of carbonyl (C=O) groups excluding carboxylic acids is 2. The molecule has 0 heterocycles. The number of hydrogen-bond acceptors (Lipinski definition) is 6. The van der Waals surface area contributed by atoms with Gasteiger partial charge in [-0.3, -0.25) is 19.3 Å². The number of hydrogen-bond donors (Lipinski definition) is 2. The molecule has 6 atom stereocenters. The lowest BCUT2D eigenvalue weighted by Crippen LogP contribution is -2.51. The Kier molecular flexibility index (Phi) is 9.15. The predicted octanol–water partition coefficient (Wildman–Crippen LogP) is 4.33. The zero-order valence-electron chi connectivity index (χ0n) is 25.5. The van der Waals surface area contributed by atoms with Gasteiger partial charge in [0.1, 0.15) is 6.54 Å². The number of aliphatic carboxylic acids is 1. The summed E-state index contributed by atoms with van der Waals surface area (Å²) in [5, 5.41) is 16.9. The number of nitrogens with zero attached hydrogens (tertiary/aromatic N) is 3. The van der Waals surface area contributed by atoms with E-state index in [1.54, 1.807) is 0 Å². The second kappa shape index (κ2) is 11.9. The van der Waals surface area contributed by atoms with E-state index in [2.05, 4.69) is 45.5 Å². The second-order valence-corrected chi connectivity index (χ2v) is 14.3. The lowest BCUT2D eigenvalue weighted by molar-refractivity contribution is -0.869. The highest BCUT2D eigenvalue weighted by Gasteiger charge is 2.59. The number of rotatable bonds is 10. The van der Waals surface area contributed by atoms with Crippen molar-refractivity contribution < 1.29 is 28.8 Å². The van der Waals surface area contributed by atoms with Crippen LogP contribution < -0.4 is 5.32 Å². The largest absolute Gasteiger partial charge is 0.480 e. The summed E-state index contributed by atoms with van der Waals surface area (Å²) < 4.78 is 0.822. The number of quaternary nitrogens is 1. The average molecular weight is 560 g/mol. The minimum absolute atomic E-state index is 0.111. The van der Waals surface area contributed by atoms with Crippen LogP contribution in [0.5, 0.6) is 0 Å². The molecular weight excluding hydrogens is 508 g/mol. The van der Waals surface area contributed by atoms with Gasteiger partial charge in [0.15, 0.2) is 5.78 Å². The number of nitrogens with one attached hydrogen (secondary N) is 1. The molecule has 4 rings (SSSR count). The summed E-state index contributed by atoms with van der Waals surface area (Å²) in [7, 11) is 6.33. The molecule has 0 aromatic carbocycles. The number of allylic oxidation sites excluding steroid dienone is 1. The summed E-state index contributed by atoms with van der Waals surface area (Å²) >= 11 is 0. The highest BCUT2D eigenvalue weighted by Crippen LogP contribution is 2.66. The number of amides is 1. The van der Waals surface area contributed by atoms with Crippen molar-refractivity contribution in [1.82, 2.24) is 10.2 Å². The molecule has 224 valence electrons. The first-order valence-corrected chi connectivity index (χ1v) is 15.2. The fourth-order valence-corrected chi connectivity index (χ4v) is 8.63. The van der Waals surface area contributed by atoms with Crippen LogP contribution in [0.2, 0.25) is 0 Å². The Labute approximate surface area is 239 Å². The first-order valence-electron chi connectivity index (χ1n) is 15.2. The highest BCUT2D eigenvalue weighted by atomic mass is 16.7. The Morgan fingerprint density at radius 3 is 2.55 bits per heavy atom. The van der Waals surface area contributed by atoms with Crippen molar-refractivity contribution >= 4 is 23.6 Å². The number of oxime groups is 1. The summed E-state index contributed by atoms with van der Waals surface area (Å²) in [4.78, 5) is 42.9. The minimum Gasteiger partial charge on any atom is -0.480 e. The number of carboxylic acid groups (broad SMARTS) is 1. The summed E-state index contributed by atoms with van der Waals surface area (Å²) in [5.74, 6) is 1.36. The van der Waals surface area contributed by atoms with Crippen LogP contribution in [0.15, 0.2) is 16.8 Å². The van der Waals surface area contributed by atoms with Crippen LogP contribution in [-0.2, 0) is 14.4 Å². The van der Waals surface area contributed by atoms with Crippen LogP contribution in [-0.4, -0.2) is 91.9 Å². The minimum atomic E-state index is -1.08. The SMILES string of the molecule is C/C(=N\OC(=O)N(CCNCC[N+](C)(C)C)CC(=O)O)[C@H]1CC[C@H]2[C@@H]3CCC4=CC(=O)CC[C@]4(C)[C@H]3CC[C@]12C. The summed E-state index contributed by atoms with van der Waals surface area (Å²) in [6.07, 6.45) is 9.57. The van der Waals surface area contributed by atoms with Gasteiger partial charge in [0.05, 0.1) is 33.4 Å². The maximum atomic E-state index is 12.8. The van der Waals surface area contributed by atoms with Crippen LogP contribution in [0.4, 0.5) is 4.79 Å². The van der Waals surface area contributed by atoms with Gasteiger partial charge in [0.25, 0.3) is 0 Å². The van der Waals surface area contributed by atoms with E-state index in [1.165, 1.54) is 10.5 Å². The van der Waals surface area contributed by atoms with Crippen LogP contribution in [0.3, 0.4) is 0 Å². The molecule has 0 aromatic heterocycles. The highest BCUT2D eigenvalue weighted by molar-refractivity contribution is 5.91. The number of fused-ring (bicyclic) bond motifs is 5. The summed E-state index contributed by atoms with van der Waals surface area (Å²) in [5.41, 5.74) is 2.49. The van der Waals surface area contributed by atoms with E-state index >= 15 is 0 Å². The molecule has 9 nitrogen and oxygen atoms in total. The Morgan fingerprint density at radius 1 is 1.10 bits per heavy atom. The van der Waals surface area contributed by atoms with Crippen molar-refractivity contribution in [3.63, 3.8) is 0 Å². The van der Waals surface area contributed by atoms with E-state index in [4.69, 9.17) is 4.84 Å². The molecular formula is C31H51N4O5+. The number of carbonyl (C=O) groups is 3. The second-order valence-electron chi connectivity index (χ2n) is 14.3. The zero-order chi connectivity index (χ0) is 29.3. The predicted molar refractivity (Wildman–Crippen MR) is 155 cm³/mol. The van der Waals surface area contributed by atoms with E-state index in [0.29, 0.717) is 36.5 Å². The third-order valence-corrected chi connectivity index (χ3v) is 10.8. The van der Waals surface area contributed by atoms with E-state index < -0.39 is 18.6 Å². The van der Waals surface area contributed by atoms with Crippen molar-refractivity contribution in [3.05, 3.63) is 11.6 Å². The first-order chi connectivity index (χ1) is 18.7. The van der Waals surface area contributed by atoms with Crippen LogP contribution in [0.25, 0.3) is 0 Å². The number of carboxylic acids is 1. The topological polar surface area (TPSA) is 108 Å². The molecule has 3 fully saturated rings. The lowest BCUT2D eigenvalue weighted by atomic mass is 9.46. The van der Waals surface area contributed by atoms with E-state index in [-0.39, 0.29) is 23.3 Å². The van der Waals surface area contributed by atoms with E-state index in [9.17, 15) is 19.5 Å². The Hall–Kier alpha value is -2.26. The van der Waals surface area contributed by atoms with E-state index in [1.807, 2.05) is 13.0 Å². The van der Waals surface area contributed by atoms with Gasteiger partial charge in [0, 0.05) is 32.0 Å². The Bertz CT molecular complexity index is 1050. The van der Waals surface area contributed by atoms with Crippen LogP contribution >= 0.6 is 0 Å². The van der Waals surface area contributed by atoms with Gasteiger partial charge in [-0.25, -0.2) is 4.79 Å². The molecule has 40 heavy (non-hydrogen) atoms. The van der Waals surface area contributed by atoms with E-state index in [0.717, 1.165) is 68.2 Å². The molecule has 0 aliphatic heterocycles. The molecule has 0 radical (unpaired) electrons. The van der Waals surface area contributed by atoms with Gasteiger partial charge >= 0.3 is 12.1 Å². The van der Waals surface area contributed by atoms with Gasteiger partial charge in [-0.05, 0) is 86.5 Å². The molecule has 4 aliphatic carbocycles. The van der Waals surface area contributed by atoms with Crippen molar-refractivity contribution in [2.45, 2.75) is 72.1 Å². The molecule has 1 amide bonds. The van der Waals surface area contributed by atoms with Crippen molar-refractivity contribution in [2.75, 3.05) is 53.9 Å². The first kappa shape index (κ1) is 30.7. The fourth-order valence-electron chi connectivity index (χ4n) is 8.63. The molecule has 0 spiro atoms. The van der Waals surface area contributed by atoms with Gasteiger partial charge in [-0.1, -0.05) is 24.6 Å². The van der Waals surface area contributed by atoms with Gasteiger partial charge in [-0.2, -0.15) is 0 Å². The van der Waals surface area contributed by atoms with Crippen LogP contribution in [0.1, 0.15) is 72.1 Å². The number of ketones is 1. The molecule has 0 bridgehead atoms. The average Bonchev–Trinajstić information content (AvgIpc) is 3.23. The molecule has 4 aliphatic rings. The normalized spacial score (nSPS) is 33.9. The third kappa shape index (κ3) is 6.46. The summed E-state index contributed by atoms with van der Waals surface area (Å²) in [6, 6.07) is 0. The monoisotopic (exact) mass is 559 g/mol. The third-order valence-electron chi connectivity index (χ3n) is 10.8. The van der Waals surface area contributed by atoms with Crippen LogP contribution in [0, 0.1) is 34.5 Å². The quantitative estimate of drug-likeness (QED) is 0.136. The molecule has 0 saturated heterocycles. The molecule has 0 unspecified atom stereocenters.